The minimum Gasteiger partial charge on any atom is -0.330 e. The first-order valence-corrected chi connectivity index (χ1v) is 6.50. The van der Waals surface area contributed by atoms with Crippen LogP contribution in [-0.4, -0.2) is 30.7 Å². The SMILES string of the molecule is CCCN(Cc1ccccc1)CC(CN)C(F)(F)F. The van der Waals surface area contributed by atoms with Gasteiger partial charge in [-0.2, -0.15) is 13.2 Å². The lowest BCUT2D eigenvalue weighted by Gasteiger charge is -2.28. The van der Waals surface area contributed by atoms with E-state index >= 15 is 0 Å². The van der Waals surface area contributed by atoms with E-state index in [9.17, 15) is 13.2 Å². The van der Waals surface area contributed by atoms with Crippen LogP contribution in [0.3, 0.4) is 0 Å². The predicted octanol–water partition coefficient (Wildman–Crippen LogP) is 3.04. The number of hydrogen-bond donors (Lipinski definition) is 1. The van der Waals surface area contributed by atoms with Crippen LogP contribution < -0.4 is 5.73 Å². The molecule has 5 heteroatoms. The number of hydrogen-bond acceptors (Lipinski definition) is 2. The van der Waals surface area contributed by atoms with Gasteiger partial charge in [-0.05, 0) is 18.5 Å². The number of rotatable bonds is 7. The normalized spacial score (nSPS) is 13.8. The fraction of sp³-hybridized carbons (Fsp3) is 0.571. The standard InChI is InChI=1S/C14H21F3N2/c1-2-8-19(10-12-6-4-3-5-7-12)11-13(9-18)14(15,16)17/h3-7,13H,2,8-11,18H2,1H3. The lowest BCUT2D eigenvalue weighted by atomic mass is 10.1. The first-order valence-electron chi connectivity index (χ1n) is 6.50. The first-order chi connectivity index (χ1) is 8.97. The Kier molecular flexibility index (Phi) is 6.31. The van der Waals surface area contributed by atoms with Crippen molar-refractivity contribution in [3.63, 3.8) is 0 Å². The summed E-state index contributed by atoms with van der Waals surface area (Å²) in [5.74, 6) is -1.46. The van der Waals surface area contributed by atoms with Crippen molar-refractivity contribution in [1.82, 2.24) is 4.90 Å². The highest BCUT2D eigenvalue weighted by Crippen LogP contribution is 2.26. The Morgan fingerprint density at radius 3 is 2.32 bits per heavy atom. The Bertz CT molecular complexity index is 351. The summed E-state index contributed by atoms with van der Waals surface area (Å²) in [7, 11) is 0. The molecule has 0 amide bonds. The molecule has 0 fully saturated rings. The van der Waals surface area contributed by atoms with E-state index in [1.807, 2.05) is 42.2 Å². The smallest absolute Gasteiger partial charge is 0.330 e. The van der Waals surface area contributed by atoms with Crippen molar-refractivity contribution in [1.29, 1.82) is 0 Å². The van der Waals surface area contributed by atoms with Crippen LogP contribution in [0.1, 0.15) is 18.9 Å². The molecule has 0 heterocycles. The van der Waals surface area contributed by atoms with Crippen molar-refractivity contribution < 1.29 is 13.2 Å². The molecule has 1 aromatic carbocycles. The summed E-state index contributed by atoms with van der Waals surface area (Å²) in [6.45, 7) is 2.73. The van der Waals surface area contributed by atoms with E-state index < -0.39 is 12.1 Å². The van der Waals surface area contributed by atoms with E-state index in [2.05, 4.69) is 0 Å². The zero-order valence-corrected chi connectivity index (χ0v) is 11.2. The lowest BCUT2D eigenvalue weighted by molar-refractivity contribution is -0.176. The fourth-order valence-electron chi connectivity index (χ4n) is 2.02. The average molecular weight is 274 g/mol. The van der Waals surface area contributed by atoms with Crippen molar-refractivity contribution in [3.05, 3.63) is 35.9 Å². The highest BCUT2D eigenvalue weighted by molar-refractivity contribution is 5.14. The average Bonchev–Trinajstić information content (AvgIpc) is 2.35. The molecule has 0 aliphatic carbocycles. The van der Waals surface area contributed by atoms with Crippen LogP contribution in [0.4, 0.5) is 13.2 Å². The largest absolute Gasteiger partial charge is 0.394 e. The van der Waals surface area contributed by atoms with Gasteiger partial charge in [-0.15, -0.1) is 0 Å². The summed E-state index contributed by atoms with van der Waals surface area (Å²) in [4.78, 5) is 1.82. The molecule has 0 saturated carbocycles. The molecule has 0 aliphatic rings. The Labute approximate surface area is 112 Å². The van der Waals surface area contributed by atoms with Crippen LogP contribution in [-0.2, 0) is 6.54 Å². The summed E-state index contributed by atoms with van der Waals surface area (Å²) in [5, 5.41) is 0. The molecule has 1 unspecified atom stereocenters. The van der Waals surface area contributed by atoms with Gasteiger partial charge in [0.15, 0.2) is 0 Å². The van der Waals surface area contributed by atoms with Gasteiger partial charge in [0.1, 0.15) is 0 Å². The van der Waals surface area contributed by atoms with E-state index in [1.165, 1.54) is 0 Å². The molecule has 2 N–H and O–H groups in total. The molecular formula is C14H21F3N2. The topological polar surface area (TPSA) is 29.3 Å². The van der Waals surface area contributed by atoms with Gasteiger partial charge in [-0.1, -0.05) is 37.3 Å². The minimum absolute atomic E-state index is 0.0390. The van der Waals surface area contributed by atoms with Gasteiger partial charge in [0, 0.05) is 19.6 Å². The molecule has 0 aromatic heterocycles. The number of halogens is 3. The third-order valence-electron chi connectivity index (χ3n) is 3.01. The van der Waals surface area contributed by atoms with Gasteiger partial charge < -0.3 is 5.73 Å². The molecule has 0 aliphatic heterocycles. The zero-order chi connectivity index (χ0) is 14.3. The van der Waals surface area contributed by atoms with Gasteiger partial charge in [-0.25, -0.2) is 0 Å². The molecule has 1 rings (SSSR count). The van der Waals surface area contributed by atoms with Crippen LogP contribution in [0.15, 0.2) is 30.3 Å². The maximum Gasteiger partial charge on any atom is 0.394 e. The van der Waals surface area contributed by atoms with E-state index in [0.717, 1.165) is 12.0 Å². The maximum absolute atomic E-state index is 12.8. The summed E-state index contributed by atoms with van der Waals surface area (Å²) in [6, 6.07) is 9.53. The van der Waals surface area contributed by atoms with Crippen molar-refractivity contribution in [2.75, 3.05) is 19.6 Å². The van der Waals surface area contributed by atoms with Crippen molar-refractivity contribution in [2.45, 2.75) is 26.1 Å². The van der Waals surface area contributed by atoms with Crippen molar-refractivity contribution in [3.8, 4) is 0 Å². The van der Waals surface area contributed by atoms with E-state index in [0.29, 0.717) is 13.1 Å². The van der Waals surface area contributed by atoms with Crippen molar-refractivity contribution in [2.24, 2.45) is 11.7 Å². The summed E-state index contributed by atoms with van der Waals surface area (Å²) >= 11 is 0. The van der Waals surface area contributed by atoms with Crippen LogP contribution in [0.25, 0.3) is 0 Å². The third-order valence-corrected chi connectivity index (χ3v) is 3.01. The summed E-state index contributed by atoms with van der Waals surface area (Å²) in [5.41, 5.74) is 6.27. The van der Waals surface area contributed by atoms with Gasteiger partial charge in [0.25, 0.3) is 0 Å². The highest BCUT2D eigenvalue weighted by Gasteiger charge is 2.39. The Morgan fingerprint density at radius 1 is 1.21 bits per heavy atom. The molecular weight excluding hydrogens is 253 g/mol. The van der Waals surface area contributed by atoms with Crippen LogP contribution in [0, 0.1) is 5.92 Å². The van der Waals surface area contributed by atoms with Crippen LogP contribution in [0.5, 0.6) is 0 Å². The minimum atomic E-state index is -4.22. The molecule has 0 spiro atoms. The summed E-state index contributed by atoms with van der Waals surface area (Å²) in [6.07, 6.45) is -3.40. The zero-order valence-electron chi connectivity index (χ0n) is 11.2. The Morgan fingerprint density at radius 2 is 1.84 bits per heavy atom. The molecule has 0 saturated heterocycles. The van der Waals surface area contributed by atoms with E-state index in [1.54, 1.807) is 0 Å². The quantitative estimate of drug-likeness (QED) is 0.828. The van der Waals surface area contributed by atoms with Gasteiger partial charge in [-0.3, -0.25) is 4.90 Å². The summed E-state index contributed by atoms with van der Waals surface area (Å²) < 4.78 is 38.3. The second-order valence-electron chi connectivity index (χ2n) is 4.69. The molecule has 19 heavy (non-hydrogen) atoms. The molecule has 0 radical (unpaired) electrons. The van der Waals surface area contributed by atoms with E-state index in [-0.39, 0.29) is 13.1 Å². The van der Waals surface area contributed by atoms with Crippen LogP contribution >= 0.6 is 0 Å². The predicted molar refractivity (Wildman–Crippen MR) is 70.6 cm³/mol. The number of alkyl halides is 3. The molecule has 108 valence electrons. The van der Waals surface area contributed by atoms with Gasteiger partial charge in [0.05, 0.1) is 5.92 Å². The lowest BCUT2D eigenvalue weighted by Crippen LogP contribution is -2.40. The number of nitrogens with zero attached hydrogens (tertiary/aromatic N) is 1. The molecule has 1 atom stereocenters. The van der Waals surface area contributed by atoms with Crippen LogP contribution in [0.2, 0.25) is 0 Å². The molecule has 2 nitrogen and oxygen atoms in total. The molecule has 0 bridgehead atoms. The number of benzene rings is 1. The fourth-order valence-corrected chi connectivity index (χ4v) is 2.02. The number of nitrogens with two attached hydrogens (primary N) is 1. The van der Waals surface area contributed by atoms with Gasteiger partial charge >= 0.3 is 6.18 Å². The van der Waals surface area contributed by atoms with Crippen molar-refractivity contribution >= 4 is 0 Å². The monoisotopic (exact) mass is 274 g/mol. The van der Waals surface area contributed by atoms with Gasteiger partial charge in [0.2, 0.25) is 0 Å². The van der Waals surface area contributed by atoms with E-state index in [4.69, 9.17) is 5.73 Å². The molecule has 1 aromatic rings. The third kappa shape index (κ3) is 5.61. The maximum atomic E-state index is 12.8. The second-order valence-corrected chi connectivity index (χ2v) is 4.69. The highest BCUT2D eigenvalue weighted by atomic mass is 19.4. The second kappa shape index (κ2) is 7.50. The Hall–Kier alpha value is -1.07. The Balaban J connectivity index is 2.67. The first kappa shape index (κ1) is 16.0.